The molecule has 0 aromatic rings. The van der Waals surface area contributed by atoms with Gasteiger partial charge in [-0.15, -0.1) is 0 Å². The zero-order valence-corrected chi connectivity index (χ0v) is 13.1. The van der Waals surface area contributed by atoms with Crippen LogP contribution in [0.1, 0.15) is 33.1 Å². The molecule has 0 aromatic heterocycles. The van der Waals surface area contributed by atoms with E-state index in [1.807, 2.05) is 0 Å². The molecule has 6 heteroatoms. The molecule has 1 aliphatic rings. The molecule has 4 nitrogen and oxygen atoms in total. The topological polar surface area (TPSA) is 49.4 Å². The number of halogens is 1. The van der Waals surface area contributed by atoms with Gasteiger partial charge in [-0.3, -0.25) is 0 Å². The first-order valence-corrected chi connectivity index (χ1v) is 8.82. The van der Waals surface area contributed by atoms with Crippen molar-refractivity contribution < 1.29 is 8.42 Å². The van der Waals surface area contributed by atoms with E-state index in [9.17, 15) is 8.42 Å². The van der Waals surface area contributed by atoms with Crippen molar-refractivity contribution in [1.29, 1.82) is 0 Å². The summed E-state index contributed by atoms with van der Waals surface area (Å²) in [5.74, 6) is 1.02. The molecule has 0 aromatic carbocycles. The maximum absolute atomic E-state index is 12.0. The Bertz CT molecular complexity index is 313. The van der Waals surface area contributed by atoms with Gasteiger partial charge in [-0.1, -0.05) is 29.8 Å². The minimum atomic E-state index is -3.25. The van der Waals surface area contributed by atoms with Gasteiger partial charge < -0.3 is 0 Å². The summed E-state index contributed by atoms with van der Waals surface area (Å²) in [7, 11) is -3.25. The lowest BCUT2D eigenvalue weighted by molar-refractivity contribution is 0.284. The van der Waals surface area contributed by atoms with E-state index < -0.39 is 10.2 Å². The standard InChI is InChI=1S/C11H23BrN2O2S/c1-10-4-7-14(8-5-10)17(15,16)13-9-11(2)3-6-12/h10-11,13H,3-9H2,1-2H3. The maximum Gasteiger partial charge on any atom is 0.279 e. The van der Waals surface area contributed by atoms with E-state index in [0.29, 0.717) is 31.5 Å². The Morgan fingerprint density at radius 3 is 2.53 bits per heavy atom. The molecule has 0 amide bonds. The summed E-state index contributed by atoms with van der Waals surface area (Å²) >= 11 is 3.37. The van der Waals surface area contributed by atoms with Crippen LogP contribution in [0.4, 0.5) is 0 Å². The van der Waals surface area contributed by atoms with Crippen molar-refractivity contribution in [3.05, 3.63) is 0 Å². The average molecular weight is 327 g/mol. The average Bonchev–Trinajstić information content (AvgIpc) is 2.28. The van der Waals surface area contributed by atoms with Crippen LogP contribution < -0.4 is 4.72 Å². The van der Waals surface area contributed by atoms with Crippen LogP contribution in [0.3, 0.4) is 0 Å². The van der Waals surface area contributed by atoms with Gasteiger partial charge in [0.2, 0.25) is 0 Å². The number of hydrogen-bond donors (Lipinski definition) is 1. The van der Waals surface area contributed by atoms with Crippen LogP contribution in [-0.2, 0) is 10.2 Å². The van der Waals surface area contributed by atoms with Crippen molar-refractivity contribution >= 4 is 26.1 Å². The monoisotopic (exact) mass is 326 g/mol. The predicted octanol–water partition coefficient (Wildman–Crippen LogP) is 1.97. The lowest BCUT2D eigenvalue weighted by Crippen LogP contribution is -2.45. The molecule has 1 rings (SSSR count). The zero-order valence-electron chi connectivity index (χ0n) is 10.7. The van der Waals surface area contributed by atoms with Gasteiger partial charge in [0.05, 0.1) is 0 Å². The van der Waals surface area contributed by atoms with E-state index in [4.69, 9.17) is 0 Å². The smallest absolute Gasteiger partial charge is 0.202 e. The summed E-state index contributed by atoms with van der Waals surface area (Å²) in [4.78, 5) is 0. The van der Waals surface area contributed by atoms with Gasteiger partial charge in [0.1, 0.15) is 0 Å². The van der Waals surface area contributed by atoms with Crippen molar-refractivity contribution in [1.82, 2.24) is 9.03 Å². The van der Waals surface area contributed by atoms with Gasteiger partial charge in [0, 0.05) is 25.0 Å². The van der Waals surface area contributed by atoms with Crippen molar-refractivity contribution in [3.8, 4) is 0 Å². The maximum atomic E-state index is 12.0. The van der Waals surface area contributed by atoms with Gasteiger partial charge in [0.25, 0.3) is 10.2 Å². The molecular formula is C11H23BrN2O2S. The summed E-state index contributed by atoms with van der Waals surface area (Å²) < 4.78 is 28.3. The van der Waals surface area contributed by atoms with Gasteiger partial charge in [-0.2, -0.15) is 12.7 Å². The number of alkyl halides is 1. The highest BCUT2D eigenvalue weighted by Crippen LogP contribution is 2.18. The molecular weight excluding hydrogens is 304 g/mol. The molecule has 1 fully saturated rings. The molecule has 0 aliphatic carbocycles. The quantitative estimate of drug-likeness (QED) is 0.759. The predicted molar refractivity (Wildman–Crippen MR) is 74.5 cm³/mol. The molecule has 1 heterocycles. The van der Waals surface area contributed by atoms with Crippen LogP contribution in [-0.4, -0.2) is 37.7 Å². The highest BCUT2D eigenvalue weighted by Gasteiger charge is 2.26. The van der Waals surface area contributed by atoms with Crippen LogP contribution in [0.5, 0.6) is 0 Å². The molecule has 17 heavy (non-hydrogen) atoms. The van der Waals surface area contributed by atoms with Crippen molar-refractivity contribution in [2.75, 3.05) is 25.0 Å². The van der Waals surface area contributed by atoms with Crippen molar-refractivity contribution in [3.63, 3.8) is 0 Å². The minimum absolute atomic E-state index is 0.368. The highest BCUT2D eigenvalue weighted by atomic mass is 79.9. The molecule has 1 N–H and O–H groups in total. The second kappa shape index (κ2) is 7.07. The fraction of sp³-hybridized carbons (Fsp3) is 1.00. The molecule has 1 unspecified atom stereocenters. The van der Waals surface area contributed by atoms with Gasteiger partial charge >= 0.3 is 0 Å². The van der Waals surface area contributed by atoms with E-state index in [-0.39, 0.29) is 0 Å². The highest BCUT2D eigenvalue weighted by molar-refractivity contribution is 9.09. The number of nitrogens with zero attached hydrogens (tertiary/aromatic N) is 1. The van der Waals surface area contributed by atoms with Gasteiger partial charge in [-0.05, 0) is 31.1 Å². The molecule has 0 bridgehead atoms. The summed E-state index contributed by atoms with van der Waals surface area (Å²) in [5, 5.41) is 0.914. The van der Waals surface area contributed by atoms with Gasteiger partial charge in [-0.25, -0.2) is 4.72 Å². The summed E-state index contributed by atoms with van der Waals surface area (Å²) in [6, 6.07) is 0. The first-order valence-electron chi connectivity index (χ1n) is 6.26. The van der Waals surface area contributed by atoms with Crippen LogP contribution in [0.2, 0.25) is 0 Å². The molecule has 1 atom stereocenters. The van der Waals surface area contributed by atoms with Gasteiger partial charge in [0.15, 0.2) is 0 Å². The van der Waals surface area contributed by atoms with E-state index in [1.54, 1.807) is 4.31 Å². The fourth-order valence-electron chi connectivity index (χ4n) is 1.85. The molecule has 0 saturated carbocycles. The normalized spacial score (nSPS) is 21.6. The van der Waals surface area contributed by atoms with E-state index in [0.717, 1.165) is 24.6 Å². The number of hydrogen-bond acceptors (Lipinski definition) is 2. The third kappa shape index (κ3) is 5.24. The first kappa shape index (κ1) is 15.4. The first-order chi connectivity index (χ1) is 7.95. The van der Waals surface area contributed by atoms with Crippen molar-refractivity contribution in [2.24, 2.45) is 11.8 Å². The molecule has 1 saturated heterocycles. The largest absolute Gasteiger partial charge is 0.279 e. The molecule has 1 aliphatic heterocycles. The molecule has 102 valence electrons. The number of piperidine rings is 1. The summed E-state index contributed by atoms with van der Waals surface area (Å²) in [5.41, 5.74) is 0. The third-order valence-electron chi connectivity index (χ3n) is 3.30. The SMILES string of the molecule is CC1CCN(S(=O)(=O)NCC(C)CCBr)CC1. The Kier molecular flexibility index (Phi) is 6.40. The molecule has 0 spiro atoms. The summed E-state index contributed by atoms with van der Waals surface area (Å²) in [6.45, 7) is 6.07. The van der Waals surface area contributed by atoms with Crippen LogP contribution in [0, 0.1) is 11.8 Å². The molecule has 0 radical (unpaired) electrons. The lowest BCUT2D eigenvalue weighted by atomic mass is 10.0. The van der Waals surface area contributed by atoms with Crippen LogP contribution >= 0.6 is 15.9 Å². The zero-order chi connectivity index (χ0) is 12.9. The minimum Gasteiger partial charge on any atom is -0.202 e. The summed E-state index contributed by atoms with van der Waals surface area (Å²) in [6.07, 6.45) is 2.93. The van der Waals surface area contributed by atoms with E-state index in [2.05, 4.69) is 34.5 Å². The third-order valence-corrected chi connectivity index (χ3v) is 5.33. The number of rotatable bonds is 6. The van der Waals surface area contributed by atoms with E-state index >= 15 is 0 Å². The van der Waals surface area contributed by atoms with E-state index in [1.165, 1.54) is 0 Å². The Labute approximate surface area is 113 Å². The Balaban J connectivity index is 2.40. The fourth-order valence-corrected chi connectivity index (χ4v) is 4.00. The number of nitrogens with one attached hydrogen (secondary N) is 1. The Hall–Kier alpha value is 0.350. The Morgan fingerprint density at radius 2 is 2.00 bits per heavy atom. The van der Waals surface area contributed by atoms with Crippen LogP contribution in [0.25, 0.3) is 0 Å². The second-order valence-electron chi connectivity index (χ2n) is 5.02. The Morgan fingerprint density at radius 1 is 1.41 bits per heavy atom. The van der Waals surface area contributed by atoms with Crippen molar-refractivity contribution in [2.45, 2.75) is 33.1 Å². The second-order valence-corrected chi connectivity index (χ2v) is 7.57. The van der Waals surface area contributed by atoms with Crippen LogP contribution in [0.15, 0.2) is 0 Å². The lowest BCUT2D eigenvalue weighted by Gasteiger charge is -2.29.